The minimum absolute atomic E-state index is 0.247. The Balaban J connectivity index is 1.38. The number of benzene rings is 2. The predicted molar refractivity (Wildman–Crippen MR) is 113 cm³/mol. The molecule has 1 aliphatic rings. The average Bonchev–Trinajstić information content (AvgIpc) is 3.24. The SMILES string of the molecule is O=C(Nc1ccc(N2CCCC2)cc1)c1cnc(Nc2cccc(Cl)c2)nc1. The van der Waals surface area contributed by atoms with Crippen molar-refractivity contribution in [1.29, 1.82) is 0 Å². The maximum absolute atomic E-state index is 12.4. The zero-order valence-corrected chi connectivity index (χ0v) is 16.0. The largest absolute Gasteiger partial charge is 0.372 e. The Bertz CT molecular complexity index is 953. The molecule has 2 N–H and O–H groups in total. The quantitative estimate of drug-likeness (QED) is 0.656. The van der Waals surface area contributed by atoms with Crippen LogP contribution in [0.3, 0.4) is 0 Å². The van der Waals surface area contributed by atoms with E-state index in [2.05, 4.69) is 25.5 Å². The van der Waals surface area contributed by atoms with Crippen LogP contribution < -0.4 is 15.5 Å². The monoisotopic (exact) mass is 393 g/mol. The van der Waals surface area contributed by atoms with E-state index in [-0.39, 0.29) is 5.91 Å². The molecule has 7 heteroatoms. The molecule has 0 saturated carbocycles. The van der Waals surface area contributed by atoms with Crippen molar-refractivity contribution >= 4 is 40.5 Å². The van der Waals surface area contributed by atoms with Crippen molar-refractivity contribution in [3.05, 3.63) is 71.5 Å². The Hall–Kier alpha value is -3.12. The zero-order valence-electron chi connectivity index (χ0n) is 15.2. The number of aromatic nitrogens is 2. The summed E-state index contributed by atoms with van der Waals surface area (Å²) in [7, 11) is 0. The van der Waals surface area contributed by atoms with Crippen LogP contribution in [0.4, 0.5) is 23.0 Å². The van der Waals surface area contributed by atoms with Crippen molar-refractivity contribution < 1.29 is 4.79 Å². The Morgan fingerprint density at radius 2 is 1.68 bits per heavy atom. The van der Waals surface area contributed by atoms with Crippen LogP contribution in [0.25, 0.3) is 0 Å². The number of hydrogen-bond acceptors (Lipinski definition) is 5. The molecule has 28 heavy (non-hydrogen) atoms. The summed E-state index contributed by atoms with van der Waals surface area (Å²) in [5.74, 6) is 0.150. The second-order valence-electron chi connectivity index (χ2n) is 6.63. The number of carbonyl (C=O) groups excluding carboxylic acids is 1. The fourth-order valence-electron chi connectivity index (χ4n) is 3.14. The van der Waals surface area contributed by atoms with Crippen LogP contribution in [-0.4, -0.2) is 29.0 Å². The Kier molecular flexibility index (Phi) is 5.39. The maximum atomic E-state index is 12.4. The van der Waals surface area contributed by atoms with Gasteiger partial charge in [0, 0.05) is 47.6 Å². The van der Waals surface area contributed by atoms with E-state index in [0.29, 0.717) is 16.5 Å². The van der Waals surface area contributed by atoms with Gasteiger partial charge in [-0.25, -0.2) is 9.97 Å². The molecule has 0 atom stereocenters. The summed E-state index contributed by atoms with van der Waals surface area (Å²) < 4.78 is 0. The van der Waals surface area contributed by atoms with E-state index in [1.165, 1.54) is 30.9 Å². The normalized spacial score (nSPS) is 13.4. The van der Waals surface area contributed by atoms with E-state index in [1.54, 1.807) is 12.1 Å². The smallest absolute Gasteiger partial charge is 0.258 e. The molecule has 0 unspecified atom stereocenters. The van der Waals surface area contributed by atoms with Crippen LogP contribution in [0.2, 0.25) is 5.02 Å². The molecule has 4 rings (SSSR count). The zero-order chi connectivity index (χ0) is 19.3. The third kappa shape index (κ3) is 4.40. The highest BCUT2D eigenvalue weighted by Gasteiger charge is 2.13. The number of anilines is 4. The molecule has 0 bridgehead atoms. The fourth-order valence-corrected chi connectivity index (χ4v) is 3.33. The molecule has 0 spiro atoms. The van der Waals surface area contributed by atoms with Gasteiger partial charge in [0.2, 0.25) is 5.95 Å². The highest BCUT2D eigenvalue weighted by molar-refractivity contribution is 6.30. The average molecular weight is 394 g/mol. The van der Waals surface area contributed by atoms with Crippen molar-refractivity contribution in [2.24, 2.45) is 0 Å². The van der Waals surface area contributed by atoms with Gasteiger partial charge in [0.1, 0.15) is 0 Å². The van der Waals surface area contributed by atoms with Crippen molar-refractivity contribution in [1.82, 2.24) is 9.97 Å². The molecule has 3 aromatic rings. The molecular formula is C21H20ClN5O. The van der Waals surface area contributed by atoms with Crippen LogP contribution in [0.1, 0.15) is 23.2 Å². The van der Waals surface area contributed by atoms with Crippen molar-refractivity contribution in [3.8, 4) is 0 Å². The second kappa shape index (κ2) is 8.27. The number of nitrogens with one attached hydrogen (secondary N) is 2. The first kappa shape index (κ1) is 18.3. The molecule has 0 radical (unpaired) electrons. The van der Waals surface area contributed by atoms with Crippen LogP contribution in [0, 0.1) is 0 Å². The molecule has 2 aromatic carbocycles. The highest BCUT2D eigenvalue weighted by Crippen LogP contribution is 2.22. The van der Waals surface area contributed by atoms with Gasteiger partial charge < -0.3 is 15.5 Å². The van der Waals surface area contributed by atoms with Crippen molar-refractivity contribution in [3.63, 3.8) is 0 Å². The Morgan fingerprint density at radius 3 is 2.36 bits per heavy atom. The third-order valence-electron chi connectivity index (χ3n) is 4.59. The van der Waals surface area contributed by atoms with Gasteiger partial charge in [-0.05, 0) is 55.3 Å². The molecule has 2 heterocycles. The number of halogens is 1. The van der Waals surface area contributed by atoms with E-state index in [4.69, 9.17) is 11.6 Å². The predicted octanol–water partition coefficient (Wildman–Crippen LogP) is 4.73. The molecule has 0 aliphatic carbocycles. The number of rotatable bonds is 5. The number of carbonyl (C=O) groups is 1. The lowest BCUT2D eigenvalue weighted by Crippen LogP contribution is -2.17. The van der Waals surface area contributed by atoms with Gasteiger partial charge in [0.15, 0.2) is 0 Å². The van der Waals surface area contributed by atoms with Crippen molar-refractivity contribution in [2.75, 3.05) is 28.6 Å². The van der Waals surface area contributed by atoms with E-state index in [9.17, 15) is 4.79 Å². The fraction of sp³-hybridized carbons (Fsp3) is 0.190. The van der Waals surface area contributed by atoms with E-state index in [1.807, 2.05) is 36.4 Å². The Morgan fingerprint density at radius 1 is 0.964 bits per heavy atom. The molecule has 6 nitrogen and oxygen atoms in total. The van der Waals surface area contributed by atoms with Gasteiger partial charge in [-0.2, -0.15) is 0 Å². The van der Waals surface area contributed by atoms with Crippen LogP contribution >= 0.6 is 11.6 Å². The van der Waals surface area contributed by atoms with Crippen molar-refractivity contribution in [2.45, 2.75) is 12.8 Å². The van der Waals surface area contributed by atoms with E-state index in [0.717, 1.165) is 24.5 Å². The lowest BCUT2D eigenvalue weighted by molar-refractivity contribution is 0.102. The van der Waals surface area contributed by atoms with Gasteiger partial charge in [0.25, 0.3) is 5.91 Å². The summed E-state index contributed by atoms with van der Waals surface area (Å²) in [6.07, 6.45) is 5.46. The number of amides is 1. The third-order valence-corrected chi connectivity index (χ3v) is 4.83. The number of hydrogen-bond donors (Lipinski definition) is 2. The van der Waals surface area contributed by atoms with Crippen LogP contribution in [-0.2, 0) is 0 Å². The van der Waals surface area contributed by atoms with E-state index >= 15 is 0 Å². The number of nitrogens with zero attached hydrogens (tertiary/aromatic N) is 3. The highest BCUT2D eigenvalue weighted by atomic mass is 35.5. The Labute approximate surface area is 168 Å². The van der Waals surface area contributed by atoms with Crippen LogP contribution in [0.5, 0.6) is 0 Å². The van der Waals surface area contributed by atoms with Gasteiger partial charge in [-0.15, -0.1) is 0 Å². The maximum Gasteiger partial charge on any atom is 0.258 e. The molecule has 142 valence electrons. The lowest BCUT2D eigenvalue weighted by Gasteiger charge is -2.17. The molecule has 1 amide bonds. The standard InChI is InChI=1S/C21H20ClN5O/c22-16-4-3-5-18(12-16)26-21-23-13-15(14-24-21)20(28)25-17-6-8-19(9-7-17)27-10-1-2-11-27/h3-9,12-14H,1-2,10-11H2,(H,25,28)(H,23,24,26). The first-order valence-corrected chi connectivity index (χ1v) is 9.56. The molecule has 1 aromatic heterocycles. The molecule has 1 aliphatic heterocycles. The minimum Gasteiger partial charge on any atom is -0.372 e. The molecule has 1 saturated heterocycles. The van der Waals surface area contributed by atoms with Gasteiger partial charge in [-0.3, -0.25) is 4.79 Å². The topological polar surface area (TPSA) is 70.2 Å². The summed E-state index contributed by atoms with van der Waals surface area (Å²) in [4.78, 5) is 23.2. The lowest BCUT2D eigenvalue weighted by atomic mass is 10.2. The molecule has 1 fully saturated rings. The summed E-state index contributed by atoms with van der Waals surface area (Å²) in [5, 5.41) is 6.55. The summed E-state index contributed by atoms with van der Waals surface area (Å²) in [6, 6.07) is 15.2. The second-order valence-corrected chi connectivity index (χ2v) is 7.06. The minimum atomic E-state index is -0.247. The molecular weight excluding hydrogens is 374 g/mol. The summed E-state index contributed by atoms with van der Waals surface area (Å²) in [6.45, 7) is 2.19. The van der Waals surface area contributed by atoms with E-state index < -0.39 is 0 Å². The van der Waals surface area contributed by atoms with Gasteiger partial charge in [0.05, 0.1) is 5.56 Å². The summed E-state index contributed by atoms with van der Waals surface area (Å²) >= 11 is 5.97. The first-order valence-electron chi connectivity index (χ1n) is 9.18. The first-order chi connectivity index (χ1) is 13.7. The van der Waals surface area contributed by atoms with Gasteiger partial charge >= 0.3 is 0 Å². The summed E-state index contributed by atoms with van der Waals surface area (Å²) in [5.41, 5.74) is 3.10. The van der Waals surface area contributed by atoms with Crippen LogP contribution in [0.15, 0.2) is 60.9 Å². The van der Waals surface area contributed by atoms with Gasteiger partial charge in [-0.1, -0.05) is 17.7 Å².